The summed E-state index contributed by atoms with van der Waals surface area (Å²) in [6, 6.07) is 3.82. The number of aliphatic hydroxyl groups excluding tert-OH is 1. The SMILES string of the molecule is CNc1cc(C)nc(Nc2cc3c(c(C4=CCNC[C@H](O)C4)c2C)OCCO3)n1. The zero-order valence-corrected chi connectivity index (χ0v) is 17.0. The van der Waals surface area contributed by atoms with Crippen LogP contribution >= 0.6 is 0 Å². The highest BCUT2D eigenvalue weighted by Gasteiger charge is 2.25. The lowest BCUT2D eigenvalue weighted by Gasteiger charge is -2.26. The van der Waals surface area contributed by atoms with Crippen molar-refractivity contribution in [2.75, 3.05) is 44.0 Å². The Labute approximate surface area is 170 Å². The third kappa shape index (κ3) is 4.13. The monoisotopic (exact) mass is 397 g/mol. The molecule has 8 heteroatoms. The van der Waals surface area contributed by atoms with Gasteiger partial charge in [0.15, 0.2) is 11.5 Å². The Hall–Kier alpha value is -2.84. The fourth-order valence-electron chi connectivity index (χ4n) is 3.73. The normalized spacial score (nSPS) is 18.6. The van der Waals surface area contributed by atoms with Gasteiger partial charge >= 0.3 is 0 Å². The molecule has 0 unspecified atom stereocenters. The fraction of sp³-hybridized carbons (Fsp3) is 0.429. The maximum Gasteiger partial charge on any atom is 0.229 e. The van der Waals surface area contributed by atoms with E-state index < -0.39 is 6.10 Å². The average Bonchev–Trinajstić information content (AvgIpc) is 2.92. The summed E-state index contributed by atoms with van der Waals surface area (Å²) in [6.45, 7) is 6.25. The number of fused-ring (bicyclic) bond motifs is 1. The highest BCUT2D eigenvalue weighted by molar-refractivity contribution is 5.82. The molecule has 2 aliphatic heterocycles. The van der Waals surface area contributed by atoms with Gasteiger partial charge in [-0.05, 0) is 25.0 Å². The molecule has 1 aromatic carbocycles. The van der Waals surface area contributed by atoms with Crippen LogP contribution in [0.2, 0.25) is 0 Å². The van der Waals surface area contributed by atoms with Crippen LogP contribution in [0.5, 0.6) is 11.5 Å². The minimum atomic E-state index is -0.446. The van der Waals surface area contributed by atoms with Gasteiger partial charge in [-0.15, -0.1) is 0 Å². The number of nitrogens with one attached hydrogen (secondary N) is 3. The Morgan fingerprint density at radius 2 is 2.00 bits per heavy atom. The summed E-state index contributed by atoms with van der Waals surface area (Å²) in [5, 5.41) is 19.9. The second-order valence-electron chi connectivity index (χ2n) is 7.29. The number of rotatable bonds is 4. The molecule has 8 nitrogen and oxygen atoms in total. The van der Waals surface area contributed by atoms with E-state index in [0.29, 0.717) is 44.4 Å². The largest absolute Gasteiger partial charge is 0.486 e. The molecule has 2 aromatic rings. The number of anilines is 3. The predicted molar refractivity (Wildman–Crippen MR) is 113 cm³/mol. The first-order valence-corrected chi connectivity index (χ1v) is 9.87. The van der Waals surface area contributed by atoms with Crippen LogP contribution in [-0.2, 0) is 0 Å². The van der Waals surface area contributed by atoms with Crippen LogP contribution in [0.1, 0.15) is 23.2 Å². The molecule has 4 rings (SSSR count). The van der Waals surface area contributed by atoms with E-state index in [-0.39, 0.29) is 0 Å². The molecule has 0 amide bonds. The van der Waals surface area contributed by atoms with E-state index >= 15 is 0 Å². The molecule has 0 radical (unpaired) electrons. The third-order valence-corrected chi connectivity index (χ3v) is 5.10. The van der Waals surface area contributed by atoms with Gasteiger partial charge in [0.2, 0.25) is 5.95 Å². The molecule has 29 heavy (non-hydrogen) atoms. The van der Waals surface area contributed by atoms with E-state index in [1.807, 2.05) is 33.0 Å². The maximum atomic E-state index is 10.3. The Balaban J connectivity index is 1.79. The summed E-state index contributed by atoms with van der Waals surface area (Å²) >= 11 is 0. The number of hydrogen-bond acceptors (Lipinski definition) is 8. The molecule has 0 aliphatic carbocycles. The number of benzene rings is 1. The van der Waals surface area contributed by atoms with Gasteiger partial charge in [0.25, 0.3) is 0 Å². The highest BCUT2D eigenvalue weighted by Crippen LogP contribution is 2.45. The van der Waals surface area contributed by atoms with Gasteiger partial charge in [-0.25, -0.2) is 4.98 Å². The van der Waals surface area contributed by atoms with Crippen molar-refractivity contribution in [1.29, 1.82) is 0 Å². The van der Waals surface area contributed by atoms with Crippen LogP contribution in [0.15, 0.2) is 18.2 Å². The van der Waals surface area contributed by atoms with Gasteiger partial charge in [-0.2, -0.15) is 4.98 Å². The number of aromatic nitrogens is 2. The summed E-state index contributed by atoms with van der Waals surface area (Å²) in [5.74, 6) is 2.68. The first kappa shape index (κ1) is 19.5. The van der Waals surface area contributed by atoms with Crippen molar-refractivity contribution in [3.05, 3.63) is 35.0 Å². The van der Waals surface area contributed by atoms with Crippen molar-refractivity contribution in [3.8, 4) is 11.5 Å². The summed E-state index contributed by atoms with van der Waals surface area (Å²) in [7, 11) is 1.83. The van der Waals surface area contributed by atoms with Crippen molar-refractivity contribution < 1.29 is 14.6 Å². The lowest BCUT2D eigenvalue weighted by Crippen LogP contribution is -2.24. The van der Waals surface area contributed by atoms with Crippen LogP contribution in [0.3, 0.4) is 0 Å². The summed E-state index contributed by atoms with van der Waals surface area (Å²) in [6.07, 6.45) is 2.22. The quantitative estimate of drug-likeness (QED) is 0.624. The Morgan fingerprint density at radius 3 is 2.83 bits per heavy atom. The van der Waals surface area contributed by atoms with E-state index in [9.17, 15) is 5.11 Å². The molecule has 1 atom stereocenters. The second kappa shape index (κ2) is 8.26. The van der Waals surface area contributed by atoms with Crippen LogP contribution < -0.4 is 25.4 Å². The van der Waals surface area contributed by atoms with Crippen molar-refractivity contribution in [1.82, 2.24) is 15.3 Å². The molecule has 0 bridgehead atoms. The number of aryl methyl sites for hydroxylation is 1. The van der Waals surface area contributed by atoms with Crippen molar-refractivity contribution in [3.63, 3.8) is 0 Å². The van der Waals surface area contributed by atoms with Crippen LogP contribution in [0.25, 0.3) is 5.57 Å². The van der Waals surface area contributed by atoms with E-state index in [1.165, 1.54) is 0 Å². The number of nitrogens with zero attached hydrogens (tertiary/aromatic N) is 2. The lowest BCUT2D eigenvalue weighted by atomic mass is 9.93. The molecular weight excluding hydrogens is 370 g/mol. The molecule has 2 aliphatic rings. The molecule has 4 N–H and O–H groups in total. The topological polar surface area (TPSA) is 101 Å². The van der Waals surface area contributed by atoms with Crippen molar-refractivity contribution >= 4 is 23.0 Å². The van der Waals surface area contributed by atoms with E-state index in [1.54, 1.807) is 0 Å². The second-order valence-corrected chi connectivity index (χ2v) is 7.29. The van der Waals surface area contributed by atoms with Gasteiger partial charge < -0.3 is 30.5 Å². The van der Waals surface area contributed by atoms with E-state index in [2.05, 4.69) is 32.0 Å². The zero-order valence-electron chi connectivity index (χ0n) is 17.0. The molecule has 1 aromatic heterocycles. The van der Waals surface area contributed by atoms with Crippen molar-refractivity contribution in [2.45, 2.75) is 26.4 Å². The number of ether oxygens (including phenoxy) is 2. The summed E-state index contributed by atoms with van der Waals surface area (Å²) in [5.41, 5.74) is 4.73. The van der Waals surface area contributed by atoms with E-state index in [0.717, 1.165) is 39.6 Å². The lowest BCUT2D eigenvalue weighted by molar-refractivity contribution is 0.170. The van der Waals surface area contributed by atoms with Gasteiger partial charge in [0, 0.05) is 55.6 Å². The van der Waals surface area contributed by atoms with Gasteiger partial charge in [0.1, 0.15) is 19.0 Å². The fourth-order valence-corrected chi connectivity index (χ4v) is 3.73. The van der Waals surface area contributed by atoms with Crippen molar-refractivity contribution in [2.24, 2.45) is 0 Å². The number of aliphatic hydroxyl groups is 1. The minimum absolute atomic E-state index is 0.446. The highest BCUT2D eigenvalue weighted by atomic mass is 16.6. The first-order chi connectivity index (χ1) is 14.0. The van der Waals surface area contributed by atoms with Gasteiger partial charge in [-0.1, -0.05) is 6.08 Å². The standard InChI is InChI=1S/C21H27N5O3/c1-12-8-18(22-3)26-21(24-12)25-16-10-17-20(29-7-6-28-17)19(13(16)2)14-4-5-23-11-15(27)9-14/h4,8,10,15,23,27H,5-7,9,11H2,1-3H3,(H2,22,24,25,26)/t15-/m1/s1. The minimum Gasteiger partial charge on any atom is -0.486 e. The average molecular weight is 397 g/mol. The molecule has 0 spiro atoms. The Morgan fingerprint density at radius 1 is 1.17 bits per heavy atom. The van der Waals surface area contributed by atoms with Crippen LogP contribution in [-0.4, -0.2) is 54.5 Å². The molecule has 0 fully saturated rings. The molecule has 3 heterocycles. The van der Waals surface area contributed by atoms with Crippen LogP contribution in [0, 0.1) is 13.8 Å². The third-order valence-electron chi connectivity index (χ3n) is 5.10. The Kier molecular flexibility index (Phi) is 5.55. The van der Waals surface area contributed by atoms with Crippen LogP contribution in [0.4, 0.5) is 17.5 Å². The zero-order chi connectivity index (χ0) is 20.4. The number of β-amino-alcohol motifs (C(OH)–C–C–N with tert-alkyl or cyclic N) is 1. The Bertz CT molecular complexity index is 944. The first-order valence-electron chi connectivity index (χ1n) is 9.87. The van der Waals surface area contributed by atoms with Gasteiger partial charge in [0.05, 0.1) is 6.10 Å². The smallest absolute Gasteiger partial charge is 0.229 e. The number of hydrogen-bond donors (Lipinski definition) is 4. The summed E-state index contributed by atoms with van der Waals surface area (Å²) < 4.78 is 11.9. The molecular formula is C21H27N5O3. The molecule has 0 saturated heterocycles. The maximum absolute atomic E-state index is 10.3. The molecule has 0 saturated carbocycles. The van der Waals surface area contributed by atoms with E-state index in [4.69, 9.17) is 9.47 Å². The van der Waals surface area contributed by atoms with Gasteiger partial charge in [-0.3, -0.25) is 0 Å². The summed E-state index contributed by atoms with van der Waals surface area (Å²) in [4.78, 5) is 9.00. The predicted octanol–water partition coefficient (Wildman–Crippen LogP) is 2.39. The molecule has 154 valence electrons.